The maximum absolute atomic E-state index is 13.1. The van der Waals surface area contributed by atoms with E-state index in [0.717, 1.165) is 38.2 Å². The third-order valence-electron chi connectivity index (χ3n) is 5.42. The van der Waals surface area contributed by atoms with E-state index in [4.69, 9.17) is 0 Å². The standard InChI is InChI=1S/C21H26N4O/c1-15-6-5-10-25(13-15)21-22-16(2)12-19(23-21)20(26)24-11-9-17-7-3-4-8-18(17)14-24/h3-4,7-8,12,15H,5-6,9-11,13-14H2,1-2H3. The molecule has 2 aliphatic rings. The van der Waals surface area contributed by atoms with Crippen LogP contribution in [-0.2, 0) is 13.0 Å². The van der Waals surface area contributed by atoms with Crippen molar-refractivity contribution in [3.63, 3.8) is 0 Å². The van der Waals surface area contributed by atoms with Crippen molar-refractivity contribution in [2.24, 2.45) is 5.92 Å². The van der Waals surface area contributed by atoms with Crippen molar-refractivity contribution in [3.05, 3.63) is 52.8 Å². The van der Waals surface area contributed by atoms with Crippen molar-refractivity contribution < 1.29 is 4.79 Å². The first-order valence-corrected chi connectivity index (χ1v) is 9.57. The molecule has 0 spiro atoms. The van der Waals surface area contributed by atoms with Crippen molar-refractivity contribution in [1.29, 1.82) is 0 Å². The Labute approximate surface area is 155 Å². The van der Waals surface area contributed by atoms with Crippen molar-refractivity contribution in [2.45, 2.75) is 39.7 Å². The van der Waals surface area contributed by atoms with Gasteiger partial charge in [0.15, 0.2) is 0 Å². The molecule has 1 amide bonds. The maximum atomic E-state index is 13.1. The van der Waals surface area contributed by atoms with Crippen molar-refractivity contribution in [2.75, 3.05) is 24.5 Å². The highest BCUT2D eigenvalue weighted by Crippen LogP contribution is 2.23. The number of anilines is 1. The van der Waals surface area contributed by atoms with Gasteiger partial charge in [0.1, 0.15) is 5.69 Å². The van der Waals surface area contributed by atoms with Crippen molar-refractivity contribution in [3.8, 4) is 0 Å². The fourth-order valence-electron chi connectivity index (χ4n) is 4.01. The molecule has 136 valence electrons. The number of aromatic nitrogens is 2. The minimum absolute atomic E-state index is 0.0105. The third-order valence-corrected chi connectivity index (χ3v) is 5.42. The number of nitrogens with zero attached hydrogens (tertiary/aromatic N) is 4. The van der Waals surface area contributed by atoms with Gasteiger partial charge in [0.05, 0.1) is 0 Å². The van der Waals surface area contributed by atoms with E-state index < -0.39 is 0 Å². The molecule has 0 radical (unpaired) electrons. The SMILES string of the molecule is Cc1cc(C(=O)N2CCc3ccccc3C2)nc(N2CCCC(C)C2)n1. The van der Waals surface area contributed by atoms with Gasteiger partial charge in [0.2, 0.25) is 5.95 Å². The van der Waals surface area contributed by atoms with Crippen molar-refractivity contribution >= 4 is 11.9 Å². The average Bonchev–Trinajstić information content (AvgIpc) is 2.66. The summed E-state index contributed by atoms with van der Waals surface area (Å²) in [7, 11) is 0. The minimum Gasteiger partial charge on any atom is -0.341 e. The number of rotatable bonds is 2. The zero-order chi connectivity index (χ0) is 18.1. The van der Waals surface area contributed by atoms with E-state index in [9.17, 15) is 4.79 Å². The smallest absolute Gasteiger partial charge is 0.272 e. The number of fused-ring (bicyclic) bond motifs is 1. The Morgan fingerprint density at radius 1 is 1.15 bits per heavy atom. The highest BCUT2D eigenvalue weighted by molar-refractivity contribution is 5.92. The van der Waals surface area contributed by atoms with Crippen LogP contribution in [0.5, 0.6) is 0 Å². The van der Waals surface area contributed by atoms with Gasteiger partial charge < -0.3 is 9.80 Å². The second-order valence-corrected chi connectivity index (χ2v) is 7.63. The Hall–Kier alpha value is -2.43. The lowest BCUT2D eigenvalue weighted by Crippen LogP contribution is -2.38. The Bertz CT molecular complexity index is 819. The summed E-state index contributed by atoms with van der Waals surface area (Å²) in [6, 6.07) is 10.2. The lowest BCUT2D eigenvalue weighted by atomic mass is 9.99. The summed E-state index contributed by atoms with van der Waals surface area (Å²) in [5.41, 5.74) is 3.96. The summed E-state index contributed by atoms with van der Waals surface area (Å²) in [6.07, 6.45) is 3.31. The van der Waals surface area contributed by atoms with E-state index in [0.29, 0.717) is 24.1 Å². The first-order chi connectivity index (χ1) is 12.6. The molecule has 2 aliphatic heterocycles. The summed E-state index contributed by atoms with van der Waals surface area (Å²) >= 11 is 0. The van der Waals surface area contributed by atoms with Gasteiger partial charge in [-0.2, -0.15) is 0 Å². The van der Waals surface area contributed by atoms with Crippen LogP contribution in [-0.4, -0.2) is 40.4 Å². The van der Waals surface area contributed by atoms with E-state index in [2.05, 4.69) is 40.0 Å². The normalized spacial score (nSPS) is 20.0. The molecule has 5 nitrogen and oxygen atoms in total. The predicted octanol–water partition coefficient (Wildman–Crippen LogP) is 3.22. The molecule has 1 unspecified atom stereocenters. The van der Waals surface area contributed by atoms with Crippen LogP contribution in [0.1, 0.15) is 47.1 Å². The molecule has 1 fully saturated rings. The lowest BCUT2D eigenvalue weighted by molar-refractivity contribution is 0.0728. The van der Waals surface area contributed by atoms with Gasteiger partial charge >= 0.3 is 0 Å². The number of amides is 1. The highest BCUT2D eigenvalue weighted by Gasteiger charge is 2.25. The van der Waals surface area contributed by atoms with Crippen LogP contribution in [0.3, 0.4) is 0 Å². The van der Waals surface area contributed by atoms with E-state index in [-0.39, 0.29) is 5.91 Å². The van der Waals surface area contributed by atoms with E-state index in [1.807, 2.05) is 24.0 Å². The monoisotopic (exact) mass is 350 g/mol. The first kappa shape index (κ1) is 17.0. The van der Waals surface area contributed by atoms with Crippen LogP contribution in [0.4, 0.5) is 5.95 Å². The zero-order valence-electron chi connectivity index (χ0n) is 15.6. The second-order valence-electron chi connectivity index (χ2n) is 7.63. The fourth-order valence-corrected chi connectivity index (χ4v) is 4.01. The Balaban J connectivity index is 1.57. The molecule has 4 rings (SSSR count). The molecule has 1 saturated heterocycles. The molecule has 1 atom stereocenters. The van der Waals surface area contributed by atoms with Crippen LogP contribution in [0.2, 0.25) is 0 Å². The maximum Gasteiger partial charge on any atom is 0.272 e. The van der Waals surface area contributed by atoms with Gasteiger partial charge in [-0.05, 0) is 49.3 Å². The fraction of sp³-hybridized carbons (Fsp3) is 0.476. The molecule has 0 aliphatic carbocycles. The number of hydrogen-bond donors (Lipinski definition) is 0. The van der Waals surface area contributed by atoms with E-state index in [1.165, 1.54) is 17.5 Å². The molecule has 0 saturated carbocycles. The molecule has 0 bridgehead atoms. The Morgan fingerprint density at radius 3 is 2.77 bits per heavy atom. The van der Waals surface area contributed by atoms with Gasteiger partial charge in [-0.1, -0.05) is 31.2 Å². The van der Waals surface area contributed by atoms with Gasteiger partial charge in [-0.3, -0.25) is 4.79 Å². The van der Waals surface area contributed by atoms with Gasteiger partial charge in [-0.25, -0.2) is 9.97 Å². The average molecular weight is 350 g/mol. The first-order valence-electron chi connectivity index (χ1n) is 9.57. The Morgan fingerprint density at radius 2 is 1.96 bits per heavy atom. The van der Waals surface area contributed by atoms with Crippen LogP contribution in [0, 0.1) is 12.8 Å². The summed E-state index contributed by atoms with van der Waals surface area (Å²) in [4.78, 5) is 26.5. The molecule has 3 heterocycles. The van der Waals surface area contributed by atoms with Gasteiger partial charge in [0, 0.05) is 31.9 Å². The van der Waals surface area contributed by atoms with Crippen LogP contribution < -0.4 is 4.90 Å². The topological polar surface area (TPSA) is 49.3 Å². The molecule has 1 aromatic heterocycles. The molecule has 5 heteroatoms. The van der Waals surface area contributed by atoms with E-state index in [1.54, 1.807) is 0 Å². The molecule has 2 aromatic rings. The number of hydrogen-bond acceptors (Lipinski definition) is 4. The number of piperidine rings is 1. The minimum atomic E-state index is 0.0105. The van der Waals surface area contributed by atoms with Crippen molar-refractivity contribution in [1.82, 2.24) is 14.9 Å². The molecule has 1 aromatic carbocycles. The van der Waals surface area contributed by atoms with Gasteiger partial charge in [-0.15, -0.1) is 0 Å². The van der Waals surface area contributed by atoms with Crippen LogP contribution in [0.25, 0.3) is 0 Å². The summed E-state index contributed by atoms with van der Waals surface area (Å²) in [5.74, 6) is 1.36. The third kappa shape index (κ3) is 3.43. The zero-order valence-corrected chi connectivity index (χ0v) is 15.6. The van der Waals surface area contributed by atoms with Gasteiger partial charge in [0.25, 0.3) is 5.91 Å². The lowest BCUT2D eigenvalue weighted by Gasteiger charge is -2.32. The Kier molecular flexibility index (Phi) is 4.62. The largest absolute Gasteiger partial charge is 0.341 e. The summed E-state index contributed by atoms with van der Waals surface area (Å²) < 4.78 is 0. The summed E-state index contributed by atoms with van der Waals surface area (Å²) in [5, 5.41) is 0. The quantitative estimate of drug-likeness (QED) is 0.834. The van der Waals surface area contributed by atoms with E-state index >= 15 is 0 Å². The number of carbonyl (C=O) groups is 1. The number of aryl methyl sites for hydroxylation is 1. The predicted molar refractivity (Wildman–Crippen MR) is 102 cm³/mol. The molecule has 26 heavy (non-hydrogen) atoms. The number of benzene rings is 1. The number of carbonyl (C=O) groups excluding carboxylic acids is 1. The summed E-state index contributed by atoms with van der Waals surface area (Å²) in [6.45, 7) is 7.55. The van der Waals surface area contributed by atoms with Crippen LogP contribution >= 0.6 is 0 Å². The molecule has 0 N–H and O–H groups in total. The highest BCUT2D eigenvalue weighted by atomic mass is 16.2. The van der Waals surface area contributed by atoms with Crippen LogP contribution in [0.15, 0.2) is 30.3 Å². The second kappa shape index (κ2) is 7.06. The molecular weight excluding hydrogens is 324 g/mol. The molecular formula is C21H26N4O.